The summed E-state index contributed by atoms with van der Waals surface area (Å²) in [6.07, 6.45) is 4.14. The summed E-state index contributed by atoms with van der Waals surface area (Å²) in [5.41, 5.74) is 1.17. The number of aromatic nitrogens is 1. The van der Waals surface area contributed by atoms with Crippen LogP contribution < -0.4 is 4.90 Å². The van der Waals surface area contributed by atoms with E-state index in [0.29, 0.717) is 37.4 Å². The number of hydrogen-bond donors (Lipinski definition) is 0. The smallest absolute Gasteiger partial charge is 0.254 e. The Morgan fingerprint density at radius 1 is 1.13 bits per heavy atom. The van der Waals surface area contributed by atoms with Crippen molar-refractivity contribution in [3.8, 4) is 6.07 Å². The van der Waals surface area contributed by atoms with E-state index in [2.05, 4.69) is 16.0 Å². The normalized spacial score (nSPS) is 15.6. The molecule has 0 saturated carbocycles. The number of benzene rings is 1. The summed E-state index contributed by atoms with van der Waals surface area (Å²) < 4.78 is 13.3. The molecule has 0 N–H and O–H groups in total. The number of anilines is 1. The number of nitriles is 1. The van der Waals surface area contributed by atoms with Gasteiger partial charge in [-0.3, -0.25) is 19.5 Å². The van der Waals surface area contributed by atoms with Crippen LogP contribution in [0.2, 0.25) is 0 Å². The first-order chi connectivity index (χ1) is 15.0. The molecule has 0 spiro atoms. The molecule has 2 amide bonds. The lowest BCUT2D eigenvalue weighted by Gasteiger charge is -2.32. The highest BCUT2D eigenvalue weighted by molar-refractivity contribution is 5.97. The predicted molar refractivity (Wildman–Crippen MR) is 115 cm³/mol. The van der Waals surface area contributed by atoms with Crippen LogP contribution in [-0.4, -0.2) is 65.4 Å². The highest BCUT2D eigenvalue weighted by Crippen LogP contribution is 2.19. The quantitative estimate of drug-likeness (QED) is 0.714. The number of rotatable bonds is 6. The first-order valence-electron chi connectivity index (χ1n) is 10.4. The summed E-state index contributed by atoms with van der Waals surface area (Å²) in [7, 11) is 0. The summed E-state index contributed by atoms with van der Waals surface area (Å²) in [5, 5.41) is 8.99. The Labute approximate surface area is 181 Å². The molecular weight excluding hydrogens is 397 g/mol. The van der Waals surface area contributed by atoms with E-state index in [9.17, 15) is 14.0 Å². The molecule has 162 valence electrons. The molecule has 1 aliphatic heterocycles. The van der Waals surface area contributed by atoms with E-state index >= 15 is 0 Å². The average Bonchev–Trinajstić information content (AvgIpc) is 3.06. The number of carbonyl (C=O) groups excluding carboxylic acids is 2. The van der Waals surface area contributed by atoms with Crippen molar-refractivity contribution in [2.24, 2.45) is 0 Å². The molecular formula is C23H26FN5O2. The number of hydrogen-bond acceptors (Lipinski definition) is 5. The van der Waals surface area contributed by atoms with Gasteiger partial charge in [0, 0.05) is 56.4 Å². The number of pyridine rings is 1. The van der Waals surface area contributed by atoms with Gasteiger partial charge in [0.05, 0.1) is 18.5 Å². The Kier molecular flexibility index (Phi) is 7.68. The van der Waals surface area contributed by atoms with E-state index in [1.165, 1.54) is 17.0 Å². The molecule has 2 heterocycles. The monoisotopic (exact) mass is 423 g/mol. The molecule has 1 saturated heterocycles. The topological polar surface area (TPSA) is 80.5 Å². The molecule has 1 atom stereocenters. The van der Waals surface area contributed by atoms with Crippen LogP contribution in [-0.2, 0) is 4.79 Å². The van der Waals surface area contributed by atoms with Crippen LogP contribution >= 0.6 is 0 Å². The Morgan fingerprint density at radius 2 is 1.84 bits per heavy atom. The van der Waals surface area contributed by atoms with E-state index in [0.717, 1.165) is 6.42 Å². The zero-order valence-electron chi connectivity index (χ0n) is 17.6. The fourth-order valence-electron chi connectivity index (χ4n) is 3.74. The van der Waals surface area contributed by atoms with E-state index < -0.39 is 6.04 Å². The van der Waals surface area contributed by atoms with Gasteiger partial charge in [-0.2, -0.15) is 5.26 Å². The van der Waals surface area contributed by atoms with Gasteiger partial charge in [-0.1, -0.05) is 0 Å². The van der Waals surface area contributed by atoms with E-state index in [-0.39, 0.29) is 30.6 Å². The van der Waals surface area contributed by atoms with Crippen LogP contribution in [0.5, 0.6) is 0 Å². The van der Waals surface area contributed by atoms with Gasteiger partial charge in [0.25, 0.3) is 5.91 Å². The van der Waals surface area contributed by atoms with Gasteiger partial charge in [0.1, 0.15) is 5.82 Å². The maximum absolute atomic E-state index is 13.3. The third kappa shape index (κ3) is 5.64. The third-order valence-electron chi connectivity index (χ3n) is 5.50. The molecule has 0 bridgehead atoms. The largest absolute Gasteiger partial charge is 0.337 e. The number of nitrogens with zero attached hydrogens (tertiary/aromatic N) is 5. The second kappa shape index (κ2) is 10.6. The summed E-state index contributed by atoms with van der Waals surface area (Å²) in [6.45, 7) is 4.47. The third-order valence-corrected chi connectivity index (χ3v) is 5.50. The molecule has 1 aromatic carbocycles. The minimum absolute atomic E-state index is 0.0369. The average molecular weight is 423 g/mol. The highest BCUT2D eigenvalue weighted by Gasteiger charge is 2.29. The van der Waals surface area contributed by atoms with Crippen LogP contribution in [0, 0.1) is 17.1 Å². The number of halogens is 1. The Balaban J connectivity index is 1.68. The van der Waals surface area contributed by atoms with Crippen LogP contribution in [0.1, 0.15) is 30.1 Å². The van der Waals surface area contributed by atoms with Gasteiger partial charge in [-0.05, 0) is 49.7 Å². The Hall–Kier alpha value is -3.31. The molecule has 3 rings (SSSR count). The van der Waals surface area contributed by atoms with Gasteiger partial charge in [-0.15, -0.1) is 0 Å². The summed E-state index contributed by atoms with van der Waals surface area (Å²) in [5.74, 6) is -0.558. The van der Waals surface area contributed by atoms with Crippen LogP contribution in [0.3, 0.4) is 0 Å². The Morgan fingerprint density at radius 3 is 2.52 bits per heavy atom. The van der Waals surface area contributed by atoms with Crippen LogP contribution in [0.4, 0.5) is 10.1 Å². The minimum atomic E-state index is -0.431. The van der Waals surface area contributed by atoms with Gasteiger partial charge in [-0.25, -0.2) is 4.39 Å². The van der Waals surface area contributed by atoms with Crippen molar-refractivity contribution in [2.45, 2.75) is 25.8 Å². The number of carbonyl (C=O) groups is 2. The van der Waals surface area contributed by atoms with Gasteiger partial charge < -0.3 is 9.80 Å². The fourth-order valence-corrected chi connectivity index (χ4v) is 3.74. The first-order valence-corrected chi connectivity index (χ1v) is 10.4. The summed E-state index contributed by atoms with van der Waals surface area (Å²) in [4.78, 5) is 35.4. The van der Waals surface area contributed by atoms with Crippen LogP contribution in [0.25, 0.3) is 0 Å². The van der Waals surface area contributed by atoms with Crippen molar-refractivity contribution >= 4 is 17.5 Å². The molecule has 0 radical (unpaired) electrons. The SMILES string of the molecule is CC(C(=O)N(CCC#N)c1ccc(F)cc1)N1CCCN(C(=O)c2ccncc2)CC1. The lowest BCUT2D eigenvalue weighted by Crippen LogP contribution is -2.49. The second-order valence-electron chi connectivity index (χ2n) is 7.47. The predicted octanol–water partition coefficient (Wildman–Crippen LogP) is 2.70. The van der Waals surface area contributed by atoms with Crippen molar-refractivity contribution in [1.82, 2.24) is 14.8 Å². The molecule has 1 aromatic heterocycles. The molecule has 2 aromatic rings. The van der Waals surface area contributed by atoms with Gasteiger partial charge in [0.15, 0.2) is 0 Å². The van der Waals surface area contributed by atoms with E-state index in [4.69, 9.17) is 5.26 Å². The Bertz CT molecular complexity index is 929. The first kappa shape index (κ1) is 22.4. The molecule has 7 nitrogen and oxygen atoms in total. The zero-order chi connectivity index (χ0) is 22.2. The number of amides is 2. The molecule has 1 unspecified atom stereocenters. The van der Waals surface area contributed by atoms with Crippen LogP contribution in [0.15, 0.2) is 48.8 Å². The lowest BCUT2D eigenvalue weighted by atomic mass is 10.2. The maximum atomic E-state index is 13.3. The van der Waals surface area contributed by atoms with Gasteiger partial charge >= 0.3 is 0 Å². The standard InChI is InChI=1S/C23H26FN5O2/c1-18(22(30)29(15-2-10-25)21-6-4-20(24)5-7-21)27-13-3-14-28(17-16-27)23(31)19-8-11-26-12-9-19/h4-9,11-12,18H,2-3,13-17H2,1H3. The highest BCUT2D eigenvalue weighted by atomic mass is 19.1. The summed E-state index contributed by atoms with van der Waals surface area (Å²) >= 11 is 0. The fraction of sp³-hybridized carbons (Fsp3) is 0.391. The van der Waals surface area contributed by atoms with E-state index in [1.54, 1.807) is 41.6 Å². The lowest BCUT2D eigenvalue weighted by molar-refractivity contribution is -0.123. The second-order valence-corrected chi connectivity index (χ2v) is 7.47. The van der Waals surface area contributed by atoms with Crippen molar-refractivity contribution in [3.05, 3.63) is 60.2 Å². The molecule has 1 fully saturated rings. The van der Waals surface area contributed by atoms with Crippen molar-refractivity contribution in [2.75, 3.05) is 37.6 Å². The molecule has 1 aliphatic rings. The zero-order valence-corrected chi connectivity index (χ0v) is 17.6. The van der Waals surface area contributed by atoms with Crippen molar-refractivity contribution in [3.63, 3.8) is 0 Å². The molecule has 0 aliphatic carbocycles. The maximum Gasteiger partial charge on any atom is 0.254 e. The van der Waals surface area contributed by atoms with Gasteiger partial charge in [0.2, 0.25) is 5.91 Å². The summed E-state index contributed by atoms with van der Waals surface area (Å²) in [6, 6.07) is 10.8. The van der Waals surface area contributed by atoms with Crippen molar-refractivity contribution < 1.29 is 14.0 Å². The molecule has 8 heteroatoms. The minimum Gasteiger partial charge on any atom is -0.337 e. The molecule has 31 heavy (non-hydrogen) atoms. The van der Waals surface area contributed by atoms with E-state index in [1.807, 2.05) is 6.92 Å². The van der Waals surface area contributed by atoms with Crippen molar-refractivity contribution in [1.29, 1.82) is 5.26 Å².